The largest absolute Gasteiger partial charge is 0.313 e. The first kappa shape index (κ1) is 13.2. The molecule has 112 valence electrons. The van der Waals surface area contributed by atoms with Crippen LogP contribution in [0.25, 0.3) is 22.3 Å². The van der Waals surface area contributed by atoms with Crippen LogP contribution < -0.4 is 5.32 Å². The molecule has 22 heavy (non-hydrogen) atoms. The maximum absolute atomic E-state index is 4.93. The van der Waals surface area contributed by atoms with Gasteiger partial charge in [-0.05, 0) is 31.0 Å². The van der Waals surface area contributed by atoms with E-state index in [-0.39, 0.29) is 0 Å². The van der Waals surface area contributed by atoms with E-state index in [9.17, 15) is 0 Å². The van der Waals surface area contributed by atoms with Crippen molar-refractivity contribution in [3.63, 3.8) is 0 Å². The SMILES string of the molecule is Cc1cnn2cc(-c3cnn(C)c3)nc(C3=CCNCC3)c12. The highest BCUT2D eigenvalue weighted by Crippen LogP contribution is 2.27. The van der Waals surface area contributed by atoms with Crippen molar-refractivity contribution in [3.05, 3.63) is 42.1 Å². The minimum atomic E-state index is 0.896. The van der Waals surface area contributed by atoms with Crippen LogP contribution >= 0.6 is 0 Å². The van der Waals surface area contributed by atoms with Gasteiger partial charge >= 0.3 is 0 Å². The summed E-state index contributed by atoms with van der Waals surface area (Å²) < 4.78 is 3.72. The minimum Gasteiger partial charge on any atom is -0.313 e. The van der Waals surface area contributed by atoms with Gasteiger partial charge in [-0.1, -0.05) is 6.08 Å². The molecule has 0 bridgehead atoms. The number of nitrogens with one attached hydrogen (secondary N) is 1. The van der Waals surface area contributed by atoms with Crippen LogP contribution in [0.15, 0.2) is 30.9 Å². The summed E-state index contributed by atoms with van der Waals surface area (Å²) in [6, 6.07) is 0. The lowest BCUT2D eigenvalue weighted by molar-refractivity contribution is 0.736. The zero-order valence-corrected chi connectivity index (χ0v) is 12.7. The maximum atomic E-state index is 4.93. The molecule has 0 fully saturated rings. The molecule has 0 amide bonds. The lowest BCUT2D eigenvalue weighted by atomic mass is 10.0. The van der Waals surface area contributed by atoms with Gasteiger partial charge in [0.15, 0.2) is 0 Å². The van der Waals surface area contributed by atoms with Crippen LogP contribution in [0.4, 0.5) is 0 Å². The van der Waals surface area contributed by atoms with Gasteiger partial charge in [0.25, 0.3) is 0 Å². The summed E-state index contributed by atoms with van der Waals surface area (Å²) >= 11 is 0. The van der Waals surface area contributed by atoms with E-state index >= 15 is 0 Å². The van der Waals surface area contributed by atoms with Crippen LogP contribution in [0.5, 0.6) is 0 Å². The Bertz CT molecular complexity index is 870. The molecule has 0 radical (unpaired) electrons. The predicted octanol–water partition coefficient (Wildman–Crippen LogP) is 1.81. The van der Waals surface area contributed by atoms with E-state index in [2.05, 4.69) is 28.5 Å². The monoisotopic (exact) mass is 294 g/mol. The molecule has 6 nitrogen and oxygen atoms in total. The fourth-order valence-corrected chi connectivity index (χ4v) is 2.91. The fraction of sp³-hybridized carbons (Fsp3) is 0.312. The van der Waals surface area contributed by atoms with Crippen molar-refractivity contribution < 1.29 is 0 Å². The Morgan fingerprint density at radius 1 is 1.18 bits per heavy atom. The molecule has 0 spiro atoms. The van der Waals surface area contributed by atoms with Gasteiger partial charge < -0.3 is 5.32 Å². The van der Waals surface area contributed by atoms with Gasteiger partial charge in [-0.3, -0.25) is 4.68 Å². The van der Waals surface area contributed by atoms with Crippen molar-refractivity contribution in [2.24, 2.45) is 7.05 Å². The first-order valence-corrected chi connectivity index (χ1v) is 7.46. The van der Waals surface area contributed by atoms with Gasteiger partial charge in [0.1, 0.15) is 0 Å². The van der Waals surface area contributed by atoms with Crippen LogP contribution in [-0.4, -0.2) is 37.5 Å². The van der Waals surface area contributed by atoms with Crippen LogP contribution in [0.3, 0.4) is 0 Å². The van der Waals surface area contributed by atoms with Crippen LogP contribution in [0, 0.1) is 6.92 Å². The second-order valence-electron chi connectivity index (χ2n) is 5.68. The number of aryl methyl sites for hydroxylation is 2. The van der Waals surface area contributed by atoms with E-state index in [0.29, 0.717) is 0 Å². The molecule has 3 aromatic heterocycles. The van der Waals surface area contributed by atoms with E-state index in [1.165, 1.54) is 5.57 Å². The third-order valence-corrected chi connectivity index (χ3v) is 4.05. The lowest BCUT2D eigenvalue weighted by Gasteiger charge is -2.15. The smallest absolute Gasteiger partial charge is 0.0951 e. The Morgan fingerprint density at radius 3 is 2.82 bits per heavy atom. The van der Waals surface area contributed by atoms with Crippen molar-refractivity contribution in [1.29, 1.82) is 0 Å². The quantitative estimate of drug-likeness (QED) is 0.783. The van der Waals surface area contributed by atoms with E-state index in [4.69, 9.17) is 4.98 Å². The average molecular weight is 294 g/mol. The highest BCUT2D eigenvalue weighted by atomic mass is 15.2. The number of nitrogens with zero attached hydrogens (tertiary/aromatic N) is 5. The molecule has 4 rings (SSSR count). The second-order valence-corrected chi connectivity index (χ2v) is 5.68. The molecule has 0 atom stereocenters. The van der Waals surface area contributed by atoms with E-state index in [1.54, 1.807) is 4.68 Å². The minimum absolute atomic E-state index is 0.896. The molecule has 6 heteroatoms. The van der Waals surface area contributed by atoms with E-state index < -0.39 is 0 Å². The molecule has 1 aliphatic rings. The Morgan fingerprint density at radius 2 is 2.09 bits per heavy atom. The summed E-state index contributed by atoms with van der Waals surface area (Å²) in [6.45, 7) is 3.97. The Kier molecular flexibility index (Phi) is 3.04. The van der Waals surface area contributed by atoms with Gasteiger partial charge in [0.2, 0.25) is 0 Å². The van der Waals surface area contributed by atoms with Gasteiger partial charge in [-0.2, -0.15) is 10.2 Å². The highest BCUT2D eigenvalue weighted by Gasteiger charge is 2.16. The maximum Gasteiger partial charge on any atom is 0.0951 e. The molecule has 0 aromatic carbocycles. The zero-order chi connectivity index (χ0) is 15.1. The van der Waals surface area contributed by atoms with Crippen LogP contribution in [-0.2, 0) is 7.05 Å². The standard InChI is InChI=1S/C16H18N6/c1-11-7-19-22-10-14(13-8-18-21(2)9-13)20-15(16(11)22)12-3-5-17-6-4-12/h3,7-10,17H,4-6H2,1-2H3. The predicted molar refractivity (Wildman–Crippen MR) is 85.4 cm³/mol. The average Bonchev–Trinajstić information content (AvgIpc) is 3.14. The normalized spacial score (nSPS) is 15.3. The second kappa shape index (κ2) is 5.06. The first-order chi connectivity index (χ1) is 10.7. The van der Waals surface area contributed by atoms with Crippen LogP contribution in [0.2, 0.25) is 0 Å². The third kappa shape index (κ3) is 2.12. The van der Waals surface area contributed by atoms with Gasteiger partial charge in [-0.15, -0.1) is 0 Å². The van der Waals surface area contributed by atoms with Crippen molar-refractivity contribution in [3.8, 4) is 11.3 Å². The first-order valence-electron chi connectivity index (χ1n) is 7.46. The molecule has 0 aliphatic carbocycles. The number of aromatic nitrogens is 5. The Balaban J connectivity index is 1.95. The summed E-state index contributed by atoms with van der Waals surface area (Å²) in [4.78, 5) is 4.93. The molecular formula is C16H18N6. The number of fused-ring (bicyclic) bond motifs is 1. The third-order valence-electron chi connectivity index (χ3n) is 4.05. The molecule has 3 aromatic rings. The van der Waals surface area contributed by atoms with E-state index in [0.717, 1.165) is 47.5 Å². The molecular weight excluding hydrogens is 276 g/mol. The number of hydrogen-bond acceptors (Lipinski definition) is 4. The van der Waals surface area contributed by atoms with Crippen molar-refractivity contribution in [2.75, 3.05) is 13.1 Å². The number of hydrogen-bond donors (Lipinski definition) is 1. The summed E-state index contributed by atoms with van der Waals surface area (Å²) in [5.41, 5.74) is 6.49. The molecule has 0 saturated carbocycles. The summed E-state index contributed by atoms with van der Waals surface area (Å²) in [5, 5.41) is 12.1. The highest BCUT2D eigenvalue weighted by molar-refractivity contribution is 5.79. The van der Waals surface area contributed by atoms with Gasteiger partial charge in [-0.25, -0.2) is 9.50 Å². The summed E-state index contributed by atoms with van der Waals surface area (Å²) in [6.07, 6.45) is 10.9. The molecule has 4 heterocycles. The van der Waals surface area contributed by atoms with Crippen molar-refractivity contribution in [1.82, 2.24) is 29.7 Å². The molecule has 1 aliphatic heterocycles. The molecule has 0 unspecified atom stereocenters. The van der Waals surface area contributed by atoms with Crippen LogP contribution in [0.1, 0.15) is 17.7 Å². The molecule has 1 N–H and O–H groups in total. The summed E-state index contributed by atoms with van der Waals surface area (Å²) in [7, 11) is 1.91. The van der Waals surface area contributed by atoms with Gasteiger partial charge in [0, 0.05) is 25.4 Å². The zero-order valence-electron chi connectivity index (χ0n) is 12.7. The van der Waals surface area contributed by atoms with Crippen molar-refractivity contribution >= 4 is 11.1 Å². The Hall–Kier alpha value is -2.47. The number of rotatable bonds is 2. The molecule has 0 saturated heterocycles. The summed E-state index contributed by atoms with van der Waals surface area (Å²) in [5.74, 6) is 0. The van der Waals surface area contributed by atoms with Crippen molar-refractivity contribution in [2.45, 2.75) is 13.3 Å². The fourth-order valence-electron chi connectivity index (χ4n) is 2.91. The lowest BCUT2D eigenvalue weighted by Crippen LogP contribution is -2.20. The van der Waals surface area contributed by atoms with Gasteiger partial charge in [0.05, 0.1) is 35.5 Å². The van der Waals surface area contributed by atoms with E-state index in [1.807, 2.05) is 36.4 Å². The Labute approximate surface area is 128 Å². The topological polar surface area (TPSA) is 60.0 Å².